The molecule has 5 rings (SSSR count). The van der Waals surface area contributed by atoms with Crippen molar-refractivity contribution in [3.8, 4) is 6.07 Å². The molecule has 1 aromatic heterocycles. The Kier molecular flexibility index (Phi) is 5.58. The second kappa shape index (κ2) is 8.53. The monoisotopic (exact) mass is 431 g/mol. The van der Waals surface area contributed by atoms with E-state index in [1.807, 2.05) is 19.1 Å². The van der Waals surface area contributed by atoms with E-state index in [0.717, 1.165) is 68.2 Å². The van der Waals surface area contributed by atoms with Crippen molar-refractivity contribution >= 4 is 11.8 Å². The van der Waals surface area contributed by atoms with Crippen LogP contribution in [0.25, 0.3) is 0 Å². The fraction of sp³-hybridized carbons (Fsp3) is 0.480. The van der Waals surface area contributed by atoms with Gasteiger partial charge in [-0.15, -0.1) is 0 Å². The molecule has 0 amide bonds. The third-order valence-corrected chi connectivity index (χ3v) is 7.19. The zero-order chi connectivity index (χ0) is 22.2. The molecule has 2 saturated heterocycles. The van der Waals surface area contributed by atoms with Crippen LogP contribution in [-0.4, -0.2) is 55.1 Å². The van der Waals surface area contributed by atoms with Gasteiger partial charge < -0.3 is 15.0 Å². The lowest BCUT2D eigenvalue weighted by atomic mass is 9.93. The summed E-state index contributed by atoms with van der Waals surface area (Å²) in [5, 5.41) is 12.8. The number of nitrogens with one attached hydrogen (secondary N) is 1. The summed E-state index contributed by atoms with van der Waals surface area (Å²) >= 11 is 0. The molecule has 1 N–H and O–H groups in total. The quantitative estimate of drug-likeness (QED) is 0.746. The van der Waals surface area contributed by atoms with Gasteiger partial charge in [-0.05, 0) is 55.0 Å². The zero-order valence-corrected chi connectivity index (χ0v) is 18.7. The summed E-state index contributed by atoms with van der Waals surface area (Å²) in [6.45, 7) is 10.6. The van der Waals surface area contributed by atoms with E-state index in [9.17, 15) is 4.79 Å². The lowest BCUT2D eigenvalue weighted by Gasteiger charge is -2.36. The van der Waals surface area contributed by atoms with Crippen LogP contribution in [0.15, 0.2) is 24.4 Å². The Labute approximate surface area is 189 Å². The smallest absolute Gasteiger partial charge is 0.338 e. The number of rotatable bonds is 4. The molecule has 1 aromatic carbocycles. The molecule has 0 radical (unpaired) electrons. The summed E-state index contributed by atoms with van der Waals surface area (Å²) in [6.07, 6.45) is 2.85. The van der Waals surface area contributed by atoms with Crippen molar-refractivity contribution in [2.75, 3.05) is 44.2 Å². The Morgan fingerprint density at radius 3 is 2.97 bits per heavy atom. The molecule has 166 valence electrons. The Morgan fingerprint density at radius 1 is 1.28 bits per heavy atom. The van der Waals surface area contributed by atoms with Crippen LogP contribution in [0.3, 0.4) is 0 Å². The molecule has 3 aliphatic heterocycles. The van der Waals surface area contributed by atoms with Gasteiger partial charge in [-0.25, -0.2) is 9.78 Å². The summed E-state index contributed by atoms with van der Waals surface area (Å²) in [7, 11) is 0. The minimum absolute atomic E-state index is 0.203. The van der Waals surface area contributed by atoms with Crippen LogP contribution in [0.2, 0.25) is 0 Å². The molecule has 7 nitrogen and oxygen atoms in total. The fourth-order valence-electron chi connectivity index (χ4n) is 5.32. The number of anilines is 1. The molecular formula is C25H29N5O2. The number of benzene rings is 1. The highest BCUT2D eigenvalue weighted by Crippen LogP contribution is 2.31. The number of carbonyl (C=O) groups is 1. The van der Waals surface area contributed by atoms with Crippen LogP contribution in [-0.2, 0) is 11.3 Å². The Hall–Kier alpha value is -2.95. The van der Waals surface area contributed by atoms with Crippen LogP contribution in [0, 0.1) is 31.1 Å². The van der Waals surface area contributed by atoms with Crippen LogP contribution in [0.5, 0.6) is 0 Å². The van der Waals surface area contributed by atoms with Crippen LogP contribution >= 0.6 is 0 Å². The molecule has 0 aliphatic carbocycles. The molecule has 4 heterocycles. The number of aryl methyl sites for hydroxylation is 1. The number of esters is 1. The van der Waals surface area contributed by atoms with E-state index in [-0.39, 0.29) is 12.0 Å². The molecule has 0 saturated carbocycles. The molecule has 2 fully saturated rings. The molecule has 32 heavy (non-hydrogen) atoms. The van der Waals surface area contributed by atoms with Crippen molar-refractivity contribution in [3.63, 3.8) is 0 Å². The number of pyridine rings is 1. The number of carbonyl (C=O) groups excluding carboxylic acids is 1. The minimum atomic E-state index is -0.203. The number of nitrogens with zero attached hydrogens (tertiary/aromatic N) is 4. The number of ether oxygens (including phenoxy) is 1. The summed E-state index contributed by atoms with van der Waals surface area (Å²) in [5.74, 6) is 1.39. The van der Waals surface area contributed by atoms with E-state index < -0.39 is 0 Å². The largest absolute Gasteiger partial charge is 0.457 e. The van der Waals surface area contributed by atoms with Crippen LogP contribution < -0.4 is 10.2 Å². The number of aromatic nitrogens is 1. The highest BCUT2D eigenvalue weighted by molar-refractivity contribution is 5.94. The lowest BCUT2D eigenvalue weighted by Crippen LogP contribution is -2.47. The van der Waals surface area contributed by atoms with E-state index >= 15 is 0 Å². The number of piperazine rings is 1. The first kappa shape index (κ1) is 20.9. The van der Waals surface area contributed by atoms with Gasteiger partial charge in [0.05, 0.1) is 11.1 Å². The van der Waals surface area contributed by atoms with Gasteiger partial charge in [-0.1, -0.05) is 6.07 Å². The predicted octanol–water partition coefficient (Wildman–Crippen LogP) is 2.71. The highest BCUT2D eigenvalue weighted by atomic mass is 16.5. The van der Waals surface area contributed by atoms with Gasteiger partial charge in [0.1, 0.15) is 18.5 Å². The van der Waals surface area contributed by atoms with Gasteiger partial charge in [0.15, 0.2) is 0 Å². The SMILES string of the molecule is Cc1cc(N2CCC(CN3CCN[C@H](c4ccc5c(c4C)COC5=O)C3)C2)ncc1C#N. The first-order valence-electron chi connectivity index (χ1n) is 11.4. The van der Waals surface area contributed by atoms with Crippen molar-refractivity contribution in [3.05, 3.63) is 57.8 Å². The third kappa shape index (κ3) is 3.85. The predicted molar refractivity (Wildman–Crippen MR) is 121 cm³/mol. The Balaban J connectivity index is 1.22. The van der Waals surface area contributed by atoms with Gasteiger partial charge in [0.2, 0.25) is 0 Å². The van der Waals surface area contributed by atoms with Gasteiger partial charge in [0.25, 0.3) is 0 Å². The molecule has 3 aliphatic rings. The summed E-state index contributed by atoms with van der Waals surface area (Å²) < 4.78 is 5.23. The van der Waals surface area contributed by atoms with E-state index in [1.165, 1.54) is 11.1 Å². The zero-order valence-electron chi connectivity index (χ0n) is 18.7. The maximum absolute atomic E-state index is 11.9. The van der Waals surface area contributed by atoms with E-state index in [2.05, 4.69) is 39.2 Å². The average molecular weight is 432 g/mol. The van der Waals surface area contributed by atoms with Crippen molar-refractivity contribution in [2.24, 2.45) is 5.92 Å². The van der Waals surface area contributed by atoms with E-state index in [0.29, 0.717) is 18.1 Å². The number of nitriles is 1. The van der Waals surface area contributed by atoms with E-state index in [4.69, 9.17) is 10.00 Å². The topological polar surface area (TPSA) is 81.5 Å². The highest BCUT2D eigenvalue weighted by Gasteiger charge is 2.30. The number of hydrogen-bond donors (Lipinski definition) is 1. The van der Waals surface area contributed by atoms with Gasteiger partial charge in [-0.2, -0.15) is 5.26 Å². The molecule has 0 bridgehead atoms. The molecule has 1 unspecified atom stereocenters. The fourth-order valence-corrected chi connectivity index (χ4v) is 5.32. The van der Waals surface area contributed by atoms with Crippen molar-refractivity contribution in [2.45, 2.75) is 32.9 Å². The lowest BCUT2D eigenvalue weighted by molar-refractivity contribution is 0.0535. The maximum atomic E-state index is 11.9. The van der Waals surface area contributed by atoms with Gasteiger partial charge in [-0.3, -0.25) is 4.90 Å². The van der Waals surface area contributed by atoms with Gasteiger partial charge >= 0.3 is 5.97 Å². The first-order chi connectivity index (χ1) is 15.5. The molecule has 2 atom stereocenters. The second-order valence-electron chi connectivity index (χ2n) is 9.22. The molecule has 0 spiro atoms. The molecule has 2 aromatic rings. The summed E-state index contributed by atoms with van der Waals surface area (Å²) in [4.78, 5) is 21.3. The van der Waals surface area contributed by atoms with E-state index in [1.54, 1.807) is 6.20 Å². The van der Waals surface area contributed by atoms with Crippen molar-refractivity contribution < 1.29 is 9.53 Å². The molecule has 7 heteroatoms. The average Bonchev–Trinajstić information content (AvgIpc) is 3.41. The number of cyclic esters (lactones) is 1. The van der Waals surface area contributed by atoms with Crippen molar-refractivity contribution in [1.29, 1.82) is 5.26 Å². The minimum Gasteiger partial charge on any atom is -0.457 e. The van der Waals surface area contributed by atoms with Crippen LogP contribution in [0.4, 0.5) is 5.82 Å². The third-order valence-electron chi connectivity index (χ3n) is 7.19. The first-order valence-corrected chi connectivity index (χ1v) is 11.4. The summed E-state index contributed by atoms with van der Waals surface area (Å²) in [6, 6.07) is 8.52. The number of hydrogen-bond acceptors (Lipinski definition) is 7. The molecular weight excluding hydrogens is 402 g/mol. The normalized spacial score (nSPS) is 23.2. The summed E-state index contributed by atoms with van der Waals surface area (Å²) in [5.41, 5.74) is 5.86. The van der Waals surface area contributed by atoms with Crippen LogP contribution in [0.1, 0.15) is 50.6 Å². The standard InChI is InChI=1S/C25H29N5O2/c1-16-9-24(28-11-19(16)10-26)30-7-5-18(13-30)12-29-8-6-27-23(14-29)20-3-4-21-22(17(20)2)15-32-25(21)31/h3-4,9,11,18,23,27H,5-8,12-15H2,1-2H3/t18?,23-/m0/s1. The van der Waals surface area contributed by atoms with Gasteiger partial charge in [0, 0.05) is 57.1 Å². The Bertz CT molecular complexity index is 1090. The number of fused-ring (bicyclic) bond motifs is 1. The maximum Gasteiger partial charge on any atom is 0.338 e. The Morgan fingerprint density at radius 2 is 2.16 bits per heavy atom. The second-order valence-corrected chi connectivity index (χ2v) is 9.22. The van der Waals surface area contributed by atoms with Crippen molar-refractivity contribution in [1.82, 2.24) is 15.2 Å².